The van der Waals surface area contributed by atoms with Crippen LogP contribution in [0.3, 0.4) is 0 Å². The maximum atomic E-state index is 13.4. The van der Waals surface area contributed by atoms with E-state index in [1.54, 1.807) is 29.4 Å². The van der Waals surface area contributed by atoms with Crippen LogP contribution in [0.4, 0.5) is 10.5 Å². The third-order valence-corrected chi connectivity index (χ3v) is 5.41. The standard InChI is InChI=1S/C27H33N3O4/c1-4-33-25-15-9-8-14-24(25)28-27(32)30(21(2)3)20-26(31)29(19-23-13-10-18-34-23)17-16-22-11-6-5-7-12-22/h5-15,18,21H,4,16-17,19-20H2,1-3H3,(H,28,32). The lowest BCUT2D eigenvalue weighted by atomic mass is 10.1. The SMILES string of the molecule is CCOc1ccccc1NC(=O)N(CC(=O)N(CCc1ccccc1)Cc1ccco1)C(C)C. The van der Waals surface area contributed by atoms with Gasteiger partial charge in [-0.05, 0) is 57.0 Å². The second kappa shape index (κ2) is 12.5. The molecule has 1 heterocycles. The maximum Gasteiger partial charge on any atom is 0.322 e. The summed E-state index contributed by atoms with van der Waals surface area (Å²) in [5, 5.41) is 2.90. The van der Waals surface area contributed by atoms with Gasteiger partial charge in [-0.3, -0.25) is 4.79 Å². The molecule has 0 bridgehead atoms. The Morgan fingerprint density at radius 2 is 1.74 bits per heavy atom. The smallest absolute Gasteiger partial charge is 0.322 e. The molecule has 0 fully saturated rings. The van der Waals surface area contributed by atoms with Crippen LogP contribution in [0.25, 0.3) is 0 Å². The fourth-order valence-electron chi connectivity index (χ4n) is 3.56. The number of para-hydroxylation sites is 2. The number of furan rings is 1. The zero-order valence-corrected chi connectivity index (χ0v) is 20.1. The molecule has 0 unspecified atom stereocenters. The number of urea groups is 1. The third kappa shape index (κ3) is 7.13. The van der Waals surface area contributed by atoms with Crippen molar-refractivity contribution in [3.8, 4) is 5.75 Å². The van der Waals surface area contributed by atoms with Crippen LogP contribution in [0.1, 0.15) is 32.1 Å². The van der Waals surface area contributed by atoms with Gasteiger partial charge in [-0.2, -0.15) is 0 Å². The van der Waals surface area contributed by atoms with Gasteiger partial charge in [0.1, 0.15) is 18.1 Å². The number of carbonyl (C=O) groups excluding carboxylic acids is 2. The molecule has 1 N–H and O–H groups in total. The van der Waals surface area contributed by atoms with Gasteiger partial charge in [-0.1, -0.05) is 42.5 Å². The Morgan fingerprint density at radius 3 is 2.41 bits per heavy atom. The van der Waals surface area contributed by atoms with Crippen molar-refractivity contribution >= 4 is 17.6 Å². The van der Waals surface area contributed by atoms with Gasteiger partial charge in [-0.25, -0.2) is 4.79 Å². The normalized spacial score (nSPS) is 10.7. The summed E-state index contributed by atoms with van der Waals surface area (Å²) in [6.07, 6.45) is 2.31. The number of hydrogen-bond donors (Lipinski definition) is 1. The summed E-state index contributed by atoms with van der Waals surface area (Å²) >= 11 is 0. The van der Waals surface area contributed by atoms with E-state index in [2.05, 4.69) is 5.32 Å². The molecule has 1 aromatic heterocycles. The third-order valence-electron chi connectivity index (χ3n) is 5.41. The Balaban J connectivity index is 1.71. The second-order valence-corrected chi connectivity index (χ2v) is 8.21. The number of hydrogen-bond acceptors (Lipinski definition) is 4. The Labute approximate surface area is 201 Å². The van der Waals surface area contributed by atoms with E-state index in [-0.39, 0.29) is 24.5 Å². The molecule has 180 valence electrons. The maximum absolute atomic E-state index is 13.4. The summed E-state index contributed by atoms with van der Waals surface area (Å²) in [4.78, 5) is 29.8. The fourth-order valence-corrected chi connectivity index (χ4v) is 3.56. The molecule has 7 heteroatoms. The van der Waals surface area contributed by atoms with Crippen molar-refractivity contribution in [3.63, 3.8) is 0 Å². The Kier molecular flexibility index (Phi) is 9.14. The summed E-state index contributed by atoms with van der Waals surface area (Å²) in [5.74, 6) is 1.15. The van der Waals surface area contributed by atoms with Crippen molar-refractivity contribution in [3.05, 3.63) is 84.3 Å². The van der Waals surface area contributed by atoms with Gasteiger partial charge in [0.05, 0.1) is 25.1 Å². The average molecular weight is 464 g/mol. The lowest BCUT2D eigenvalue weighted by Crippen LogP contribution is -2.47. The average Bonchev–Trinajstić information content (AvgIpc) is 3.35. The van der Waals surface area contributed by atoms with Gasteiger partial charge >= 0.3 is 6.03 Å². The lowest BCUT2D eigenvalue weighted by Gasteiger charge is -2.30. The van der Waals surface area contributed by atoms with Crippen molar-refractivity contribution in [2.75, 3.05) is 25.0 Å². The Hall–Kier alpha value is -3.74. The molecule has 3 aromatic rings. The minimum absolute atomic E-state index is 0.0458. The van der Waals surface area contributed by atoms with Crippen molar-refractivity contribution in [1.82, 2.24) is 9.80 Å². The molecular formula is C27H33N3O4. The summed E-state index contributed by atoms with van der Waals surface area (Å²) in [5.41, 5.74) is 1.72. The number of benzene rings is 2. The van der Waals surface area contributed by atoms with Crippen LogP contribution >= 0.6 is 0 Å². The first-order valence-electron chi connectivity index (χ1n) is 11.6. The van der Waals surface area contributed by atoms with E-state index >= 15 is 0 Å². The molecule has 3 amide bonds. The number of anilines is 1. The monoisotopic (exact) mass is 463 g/mol. The van der Waals surface area contributed by atoms with Gasteiger partial charge in [0.2, 0.25) is 5.91 Å². The first kappa shape index (κ1) is 24.9. The predicted octanol–water partition coefficient (Wildman–Crippen LogP) is 5.19. The highest BCUT2D eigenvalue weighted by Gasteiger charge is 2.25. The molecule has 0 saturated carbocycles. The van der Waals surface area contributed by atoms with Crippen LogP contribution in [0.2, 0.25) is 0 Å². The zero-order chi connectivity index (χ0) is 24.3. The first-order chi connectivity index (χ1) is 16.5. The number of ether oxygens (including phenoxy) is 1. The topological polar surface area (TPSA) is 75.0 Å². The summed E-state index contributed by atoms with van der Waals surface area (Å²) < 4.78 is 11.1. The summed E-state index contributed by atoms with van der Waals surface area (Å²) in [6, 6.07) is 20.4. The number of amides is 3. The molecule has 0 spiro atoms. The van der Waals surface area contributed by atoms with Crippen molar-refractivity contribution in [2.24, 2.45) is 0 Å². The molecule has 0 aliphatic rings. The molecule has 0 aliphatic carbocycles. The van der Waals surface area contributed by atoms with Gasteiger partial charge < -0.3 is 24.3 Å². The van der Waals surface area contributed by atoms with E-state index < -0.39 is 0 Å². The molecule has 34 heavy (non-hydrogen) atoms. The number of nitrogens with one attached hydrogen (secondary N) is 1. The van der Waals surface area contributed by atoms with Gasteiger partial charge in [0.15, 0.2) is 0 Å². The van der Waals surface area contributed by atoms with Crippen molar-refractivity contribution in [1.29, 1.82) is 0 Å². The number of carbonyl (C=O) groups is 2. The largest absolute Gasteiger partial charge is 0.492 e. The molecule has 2 aromatic carbocycles. The highest BCUT2D eigenvalue weighted by Crippen LogP contribution is 2.24. The van der Waals surface area contributed by atoms with Gasteiger partial charge in [0, 0.05) is 12.6 Å². The number of nitrogens with zero attached hydrogens (tertiary/aromatic N) is 2. The molecule has 0 saturated heterocycles. The van der Waals surface area contributed by atoms with Crippen LogP contribution in [0.15, 0.2) is 77.4 Å². The minimum Gasteiger partial charge on any atom is -0.492 e. The fraction of sp³-hybridized carbons (Fsp3) is 0.333. The van der Waals surface area contributed by atoms with E-state index in [9.17, 15) is 9.59 Å². The number of rotatable bonds is 11. The summed E-state index contributed by atoms with van der Waals surface area (Å²) in [7, 11) is 0. The van der Waals surface area contributed by atoms with Crippen molar-refractivity contribution < 1.29 is 18.7 Å². The van der Waals surface area contributed by atoms with E-state index in [0.29, 0.717) is 43.3 Å². The molecular weight excluding hydrogens is 430 g/mol. The van der Waals surface area contributed by atoms with E-state index in [1.165, 1.54) is 4.90 Å². The molecule has 0 atom stereocenters. The molecule has 3 rings (SSSR count). The molecule has 0 aliphatic heterocycles. The highest BCUT2D eigenvalue weighted by molar-refractivity contribution is 5.93. The predicted molar refractivity (Wildman–Crippen MR) is 133 cm³/mol. The van der Waals surface area contributed by atoms with E-state index in [1.807, 2.05) is 69.3 Å². The van der Waals surface area contributed by atoms with E-state index in [0.717, 1.165) is 5.56 Å². The van der Waals surface area contributed by atoms with E-state index in [4.69, 9.17) is 9.15 Å². The zero-order valence-electron chi connectivity index (χ0n) is 20.1. The quantitative estimate of drug-likeness (QED) is 0.425. The van der Waals surface area contributed by atoms with Crippen LogP contribution in [0.5, 0.6) is 5.75 Å². The first-order valence-corrected chi connectivity index (χ1v) is 11.6. The lowest BCUT2D eigenvalue weighted by molar-refractivity contribution is -0.133. The van der Waals surface area contributed by atoms with Crippen LogP contribution in [-0.2, 0) is 17.8 Å². The van der Waals surface area contributed by atoms with Crippen LogP contribution in [0, 0.1) is 0 Å². The van der Waals surface area contributed by atoms with Crippen LogP contribution in [-0.4, -0.2) is 47.5 Å². The second-order valence-electron chi connectivity index (χ2n) is 8.21. The molecule has 7 nitrogen and oxygen atoms in total. The summed E-state index contributed by atoms with van der Waals surface area (Å²) in [6.45, 7) is 6.98. The highest BCUT2D eigenvalue weighted by atomic mass is 16.5. The Bertz CT molecular complexity index is 1040. The van der Waals surface area contributed by atoms with Gasteiger partial charge in [0.25, 0.3) is 0 Å². The van der Waals surface area contributed by atoms with Gasteiger partial charge in [-0.15, -0.1) is 0 Å². The van der Waals surface area contributed by atoms with Crippen LogP contribution < -0.4 is 10.1 Å². The van der Waals surface area contributed by atoms with Crippen molar-refractivity contribution in [2.45, 2.75) is 39.8 Å². The minimum atomic E-state index is -0.350. The Morgan fingerprint density at radius 1 is 1.00 bits per heavy atom. The molecule has 0 radical (unpaired) electrons.